The number of hydrogen-bond donors (Lipinski definition) is 2. The summed E-state index contributed by atoms with van der Waals surface area (Å²) in [5.41, 5.74) is 13.5. The zero-order chi connectivity index (χ0) is 7.84. The average Bonchev–Trinajstić information content (AvgIpc) is 2.45. The van der Waals surface area contributed by atoms with Crippen LogP contribution in [0.5, 0.6) is 0 Å². The summed E-state index contributed by atoms with van der Waals surface area (Å²) in [4.78, 5) is 3.91. The van der Waals surface area contributed by atoms with Gasteiger partial charge < -0.3 is 15.9 Å². The molecule has 0 radical (unpaired) electrons. The number of oxazole rings is 1. The van der Waals surface area contributed by atoms with Gasteiger partial charge >= 0.3 is 0 Å². The standard InChI is InChI=1S/C7H7N3O/c8-4-1-2-5(9)7-6(4)10-3-11-7/h1-3H,8-9H2. The molecule has 0 bridgehead atoms. The minimum absolute atomic E-state index is 0.560. The Hall–Kier alpha value is -1.71. The molecule has 1 aromatic carbocycles. The van der Waals surface area contributed by atoms with Crippen LogP contribution in [-0.4, -0.2) is 4.98 Å². The van der Waals surface area contributed by atoms with Crippen molar-refractivity contribution < 1.29 is 4.42 Å². The molecule has 56 valence electrons. The van der Waals surface area contributed by atoms with Gasteiger partial charge in [0.2, 0.25) is 0 Å². The zero-order valence-corrected chi connectivity index (χ0v) is 5.74. The van der Waals surface area contributed by atoms with Crippen molar-refractivity contribution in [2.24, 2.45) is 0 Å². The molecule has 0 aliphatic heterocycles. The van der Waals surface area contributed by atoms with Crippen LogP contribution in [0.25, 0.3) is 11.1 Å². The van der Waals surface area contributed by atoms with Gasteiger partial charge in [0.05, 0.1) is 11.4 Å². The molecule has 2 rings (SSSR count). The van der Waals surface area contributed by atoms with E-state index in [4.69, 9.17) is 15.9 Å². The summed E-state index contributed by atoms with van der Waals surface area (Å²) in [5.74, 6) is 0. The topological polar surface area (TPSA) is 78.1 Å². The van der Waals surface area contributed by atoms with Crippen molar-refractivity contribution in [2.45, 2.75) is 0 Å². The second kappa shape index (κ2) is 1.88. The lowest BCUT2D eigenvalue weighted by Crippen LogP contribution is -1.90. The Morgan fingerprint density at radius 3 is 2.64 bits per heavy atom. The monoisotopic (exact) mass is 149 g/mol. The summed E-state index contributed by atoms with van der Waals surface area (Å²) >= 11 is 0. The maximum atomic E-state index is 5.59. The second-order valence-corrected chi connectivity index (χ2v) is 2.27. The number of nitrogens with zero attached hydrogens (tertiary/aromatic N) is 1. The number of rotatable bonds is 0. The lowest BCUT2D eigenvalue weighted by atomic mass is 10.2. The smallest absolute Gasteiger partial charge is 0.182 e. The SMILES string of the molecule is Nc1ccc(N)c2ocnc12. The first kappa shape index (κ1) is 6.03. The van der Waals surface area contributed by atoms with Crippen molar-refractivity contribution in [1.29, 1.82) is 0 Å². The highest BCUT2D eigenvalue weighted by atomic mass is 16.3. The fourth-order valence-electron chi connectivity index (χ4n) is 0.991. The number of anilines is 2. The fraction of sp³-hybridized carbons (Fsp3) is 0. The van der Waals surface area contributed by atoms with Crippen molar-refractivity contribution >= 4 is 22.5 Å². The first-order valence-electron chi connectivity index (χ1n) is 3.16. The minimum Gasteiger partial charge on any atom is -0.441 e. The Morgan fingerprint density at radius 1 is 1.18 bits per heavy atom. The van der Waals surface area contributed by atoms with Crippen LogP contribution >= 0.6 is 0 Å². The summed E-state index contributed by atoms with van der Waals surface area (Å²) in [6, 6.07) is 3.41. The molecule has 4 heteroatoms. The van der Waals surface area contributed by atoms with Crippen LogP contribution in [0.15, 0.2) is 22.9 Å². The van der Waals surface area contributed by atoms with Crippen molar-refractivity contribution in [3.63, 3.8) is 0 Å². The largest absolute Gasteiger partial charge is 0.441 e. The zero-order valence-electron chi connectivity index (χ0n) is 5.74. The van der Waals surface area contributed by atoms with Crippen molar-refractivity contribution in [3.8, 4) is 0 Å². The Bertz CT molecular complexity index is 357. The van der Waals surface area contributed by atoms with Crippen LogP contribution in [0.1, 0.15) is 0 Å². The van der Waals surface area contributed by atoms with Crippen molar-refractivity contribution in [2.75, 3.05) is 11.5 Å². The van der Waals surface area contributed by atoms with E-state index in [1.807, 2.05) is 0 Å². The molecule has 2 aromatic rings. The quantitative estimate of drug-likeness (QED) is 0.547. The molecule has 11 heavy (non-hydrogen) atoms. The minimum atomic E-state index is 0.560. The third-order valence-electron chi connectivity index (χ3n) is 1.55. The molecular weight excluding hydrogens is 142 g/mol. The molecule has 0 saturated heterocycles. The summed E-state index contributed by atoms with van der Waals surface area (Å²) in [5, 5.41) is 0. The first-order valence-corrected chi connectivity index (χ1v) is 3.16. The summed E-state index contributed by atoms with van der Waals surface area (Å²) in [6.45, 7) is 0. The van der Waals surface area contributed by atoms with Crippen LogP contribution in [0.3, 0.4) is 0 Å². The summed E-state index contributed by atoms with van der Waals surface area (Å²) in [6.07, 6.45) is 1.33. The van der Waals surface area contributed by atoms with Crippen LogP contribution in [0.2, 0.25) is 0 Å². The van der Waals surface area contributed by atoms with Gasteiger partial charge in [-0.25, -0.2) is 4.98 Å². The molecule has 1 heterocycles. The van der Waals surface area contributed by atoms with E-state index < -0.39 is 0 Å². The Kier molecular flexibility index (Phi) is 1.03. The number of hydrogen-bond acceptors (Lipinski definition) is 4. The number of aromatic nitrogens is 1. The van der Waals surface area contributed by atoms with Crippen LogP contribution in [0, 0.1) is 0 Å². The van der Waals surface area contributed by atoms with Crippen LogP contribution in [0.4, 0.5) is 11.4 Å². The number of nitrogens with two attached hydrogens (primary N) is 2. The fourth-order valence-corrected chi connectivity index (χ4v) is 0.991. The Labute approximate surface area is 62.8 Å². The van der Waals surface area contributed by atoms with Gasteiger partial charge in [-0.2, -0.15) is 0 Å². The first-order chi connectivity index (χ1) is 5.29. The molecule has 0 aliphatic rings. The molecule has 0 saturated carbocycles. The molecule has 4 N–H and O–H groups in total. The average molecular weight is 149 g/mol. The molecule has 0 amide bonds. The predicted octanol–water partition coefficient (Wildman–Crippen LogP) is 0.992. The maximum absolute atomic E-state index is 5.59. The van der Waals surface area contributed by atoms with Crippen LogP contribution in [-0.2, 0) is 0 Å². The lowest BCUT2D eigenvalue weighted by molar-refractivity contribution is 0.603. The van der Waals surface area contributed by atoms with Gasteiger partial charge in [0, 0.05) is 0 Å². The van der Waals surface area contributed by atoms with Gasteiger partial charge in [-0.3, -0.25) is 0 Å². The van der Waals surface area contributed by atoms with Gasteiger partial charge in [-0.1, -0.05) is 0 Å². The van der Waals surface area contributed by atoms with Gasteiger partial charge in [0.25, 0.3) is 0 Å². The predicted molar refractivity (Wildman–Crippen MR) is 42.8 cm³/mol. The second-order valence-electron chi connectivity index (χ2n) is 2.27. The number of nitrogen functional groups attached to an aromatic ring is 2. The number of benzene rings is 1. The van der Waals surface area contributed by atoms with E-state index in [0.717, 1.165) is 0 Å². The molecular formula is C7H7N3O. The van der Waals surface area contributed by atoms with Gasteiger partial charge in [0.1, 0.15) is 5.52 Å². The molecule has 4 nitrogen and oxygen atoms in total. The molecule has 0 unspecified atom stereocenters. The van der Waals surface area contributed by atoms with E-state index in [1.54, 1.807) is 12.1 Å². The molecule has 0 atom stereocenters. The third-order valence-corrected chi connectivity index (χ3v) is 1.55. The highest BCUT2D eigenvalue weighted by Crippen LogP contribution is 2.24. The van der Waals surface area contributed by atoms with Crippen molar-refractivity contribution in [3.05, 3.63) is 18.5 Å². The van der Waals surface area contributed by atoms with Crippen molar-refractivity contribution in [1.82, 2.24) is 4.98 Å². The van der Waals surface area contributed by atoms with E-state index in [0.29, 0.717) is 22.5 Å². The lowest BCUT2D eigenvalue weighted by Gasteiger charge is -1.95. The molecule has 0 spiro atoms. The van der Waals surface area contributed by atoms with Gasteiger partial charge in [-0.05, 0) is 12.1 Å². The van der Waals surface area contributed by atoms with Gasteiger partial charge in [0.15, 0.2) is 12.0 Å². The van der Waals surface area contributed by atoms with E-state index in [1.165, 1.54) is 6.39 Å². The Morgan fingerprint density at radius 2 is 1.91 bits per heavy atom. The third kappa shape index (κ3) is 0.724. The van der Waals surface area contributed by atoms with Gasteiger partial charge in [-0.15, -0.1) is 0 Å². The van der Waals surface area contributed by atoms with Crippen LogP contribution < -0.4 is 11.5 Å². The van der Waals surface area contributed by atoms with E-state index in [9.17, 15) is 0 Å². The van der Waals surface area contributed by atoms with E-state index in [-0.39, 0.29) is 0 Å². The van der Waals surface area contributed by atoms with E-state index >= 15 is 0 Å². The molecule has 0 aliphatic carbocycles. The molecule has 1 aromatic heterocycles. The summed E-state index contributed by atoms with van der Waals surface area (Å²) < 4.78 is 5.01. The normalized spacial score (nSPS) is 10.5. The number of fused-ring (bicyclic) bond motifs is 1. The highest BCUT2D eigenvalue weighted by molar-refractivity contribution is 5.93. The molecule has 0 fully saturated rings. The highest BCUT2D eigenvalue weighted by Gasteiger charge is 2.04. The maximum Gasteiger partial charge on any atom is 0.182 e. The van der Waals surface area contributed by atoms with E-state index in [2.05, 4.69) is 4.98 Å². The summed E-state index contributed by atoms with van der Waals surface area (Å²) in [7, 11) is 0. The Balaban J connectivity index is 2.96.